The monoisotopic (exact) mass is 256 g/mol. The van der Waals surface area contributed by atoms with E-state index in [0.717, 1.165) is 4.47 Å². The van der Waals surface area contributed by atoms with Gasteiger partial charge in [0.15, 0.2) is 0 Å². The van der Waals surface area contributed by atoms with Crippen molar-refractivity contribution in [1.82, 2.24) is 4.98 Å². The molecule has 0 bridgehead atoms. The summed E-state index contributed by atoms with van der Waals surface area (Å²) in [7, 11) is 0. The molecular formula is C10H13BrN2O. The Hall–Kier alpha value is -0.900. The summed E-state index contributed by atoms with van der Waals surface area (Å²) in [5, 5.41) is 2.74. The van der Waals surface area contributed by atoms with E-state index in [2.05, 4.69) is 26.2 Å². The highest BCUT2D eigenvalue weighted by Crippen LogP contribution is 2.18. The second-order valence-corrected chi connectivity index (χ2v) is 4.98. The fourth-order valence-corrected chi connectivity index (χ4v) is 1.11. The number of halogens is 1. The number of hydrogen-bond donors (Lipinski definition) is 1. The standard InChI is InChI=1S/C10H13BrN2O/c1-10(2,3)9(14)13-8-6-7(11)4-5-12-8/h4-6H,1-3H3,(H,12,13,14). The minimum absolute atomic E-state index is 0.0388. The van der Waals surface area contributed by atoms with Crippen molar-refractivity contribution in [3.8, 4) is 0 Å². The third-order valence-electron chi connectivity index (χ3n) is 1.64. The molecule has 1 heterocycles. The summed E-state index contributed by atoms with van der Waals surface area (Å²) >= 11 is 3.31. The predicted octanol–water partition coefficient (Wildman–Crippen LogP) is 2.83. The molecule has 0 aromatic carbocycles. The van der Waals surface area contributed by atoms with Gasteiger partial charge < -0.3 is 5.32 Å². The topological polar surface area (TPSA) is 42.0 Å². The van der Waals surface area contributed by atoms with Crippen LogP contribution in [0.25, 0.3) is 0 Å². The number of carbonyl (C=O) groups excluding carboxylic acids is 1. The van der Waals surface area contributed by atoms with Crippen molar-refractivity contribution in [3.05, 3.63) is 22.8 Å². The largest absolute Gasteiger partial charge is 0.310 e. The zero-order chi connectivity index (χ0) is 10.8. The molecule has 0 fully saturated rings. The highest BCUT2D eigenvalue weighted by Gasteiger charge is 2.21. The van der Waals surface area contributed by atoms with Crippen molar-refractivity contribution >= 4 is 27.7 Å². The van der Waals surface area contributed by atoms with Gasteiger partial charge in [-0.1, -0.05) is 36.7 Å². The van der Waals surface area contributed by atoms with Crippen LogP contribution in [0.15, 0.2) is 22.8 Å². The van der Waals surface area contributed by atoms with E-state index in [1.165, 1.54) is 0 Å². The van der Waals surface area contributed by atoms with E-state index in [1.807, 2.05) is 26.8 Å². The molecule has 0 spiro atoms. The summed E-state index contributed by atoms with van der Waals surface area (Å²) in [4.78, 5) is 15.6. The highest BCUT2D eigenvalue weighted by atomic mass is 79.9. The average Bonchev–Trinajstić information content (AvgIpc) is 2.02. The number of hydrogen-bond acceptors (Lipinski definition) is 2. The lowest BCUT2D eigenvalue weighted by Gasteiger charge is -2.17. The Labute approximate surface area is 92.1 Å². The molecule has 0 saturated carbocycles. The fourth-order valence-electron chi connectivity index (χ4n) is 0.777. The molecule has 0 aliphatic heterocycles. The Morgan fingerprint density at radius 2 is 2.14 bits per heavy atom. The van der Waals surface area contributed by atoms with E-state index >= 15 is 0 Å². The van der Waals surface area contributed by atoms with Gasteiger partial charge in [0.2, 0.25) is 5.91 Å². The van der Waals surface area contributed by atoms with Crippen LogP contribution < -0.4 is 5.32 Å². The first kappa shape index (κ1) is 11.2. The Bertz CT molecular complexity index is 344. The van der Waals surface area contributed by atoms with Crippen LogP contribution >= 0.6 is 15.9 Å². The quantitative estimate of drug-likeness (QED) is 0.840. The molecule has 1 aromatic heterocycles. The van der Waals surface area contributed by atoms with Gasteiger partial charge in [-0.25, -0.2) is 4.98 Å². The molecule has 76 valence electrons. The van der Waals surface area contributed by atoms with Crippen LogP contribution in [-0.4, -0.2) is 10.9 Å². The van der Waals surface area contributed by atoms with Crippen molar-refractivity contribution in [2.24, 2.45) is 5.41 Å². The Balaban J connectivity index is 2.75. The van der Waals surface area contributed by atoms with Gasteiger partial charge in [-0.3, -0.25) is 4.79 Å². The summed E-state index contributed by atoms with van der Waals surface area (Å²) in [5.41, 5.74) is -0.399. The number of carbonyl (C=O) groups is 1. The van der Waals surface area contributed by atoms with Crippen LogP contribution in [0.5, 0.6) is 0 Å². The first-order chi connectivity index (χ1) is 6.39. The Morgan fingerprint density at radius 3 is 2.64 bits per heavy atom. The van der Waals surface area contributed by atoms with Gasteiger partial charge in [0.25, 0.3) is 0 Å². The van der Waals surface area contributed by atoms with Crippen LogP contribution in [0.4, 0.5) is 5.82 Å². The molecule has 1 rings (SSSR count). The molecule has 0 unspecified atom stereocenters. The van der Waals surface area contributed by atoms with Gasteiger partial charge in [-0.05, 0) is 12.1 Å². The second kappa shape index (κ2) is 4.09. The third kappa shape index (κ3) is 3.10. The molecule has 0 atom stereocenters. The lowest BCUT2D eigenvalue weighted by atomic mass is 9.96. The molecule has 1 aromatic rings. The van der Waals surface area contributed by atoms with E-state index in [4.69, 9.17) is 0 Å². The molecule has 0 radical (unpaired) electrons. The summed E-state index contributed by atoms with van der Waals surface area (Å²) in [6, 6.07) is 3.58. The number of anilines is 1. The van der Waals surface area contributed by atoms with Crippen LogP contribution in [0.2, 0.25) is 0 Å². The van der Waals surface area contributed by atoms with Gasteiger partial charge in [0.05, 0.1) is 0 Å². The molecular weight excluding hydrogens is 244 g/mol. The van der Waals surface area contributed by atoms with E-state index in [-0.39, 0.29) is 5.91 Å². The number of nitrogens with zero attached hydrogens (tertiary/aromatic N) is 1. The maximum atomic E-state index is 11.6. The highest BCUT2D eigenvalue weighted by molar-refractivity contribution is 9.10. The number of amides is 1. The van der Waals surface area contributed by atoms with Crippen LogP contribution in [0.3, 0.4) is 0 Å². The van der Waals surface area contributed by atoms with Gasteiger partial charge in [-0.15, -0.1) is 0 Å². The third-order valence-corrected chi connectivity index (χ3v) is 2.14. The minimum Gasteiger partial charge on any atom is -0.310 e. The van der Waals surface area contributed by atoms with Crippen molar-refractivity contribution in [3.63, 3.8) is 0 Å². The number of nitrogens with one attached hydrogen (secondary N) is 1. The molecule has 0 aliphatic carbocycles. The minimum atomic E-state index is -0.399. The first-order valence-corrected chi connectivity index (χ1v) is 5.12. The SMILES string of the molecule is CC(C)(C)C(=O)Nc1cc(Br)ccn1. The Kier molecular flexibility index (Phi) is 3.26. The van der Waals surface area contributed by atoms with E-state index in [1.54, 1.807) is 12.3 Å². The molecule has 14 heavy (non-hydrogen) atoms. The number of aromatic nitrogens is 1. The average molecular weight is 257 g/mol. The van der Waals surface area contributed by atoms with Crippen molar-refractivity contribution in [1.29, 1.82) is 0 Å². The number of rotatable bonds is 1. The lowest BCUT2D eigenvalue weighted by Crippen LogP contribution is -2.27. The zero-order valence-electron chi connectivity index (χ0n) is 8.47. The Morgan fingerprint density at radius 1 is 1.50 bits per heavy atom. The van der Waals surface area contributed by atoms with Crippen molar-refractivity contribution < 1.29 is 4.79 Å². The molecule has 1 N–H and O–H groups in total. The van der Waals surface area contributed by atoms with E-state index in [9.17, 15) is 4.79 Å². The normalized spacial score (nSPS) is 11.1. The van der Waals surface area contributed by atoms with Crippen molar-refractivity contribution in [2.75, 3.05) is 5.32 Å². The van der Waals surface area contributed by atoms with Gasteiger partial charge in [0.1, 0.15) is 5.82 Å². The zero-order valence-corrected chi connectivity index (χ0v) is 10.1. The lowest BCUT2D eigenvalue weighted by molar-refractivity contribution is -0.123. The number of pyridine rings is 1. The van der Waals surface area contributed by atoms with Crippen molar-refractivity contribution in [2.45, 2.75) is 20.8 Å². The van der Waals surface area contributed by atoms with E-state index < -0.39 is 5.41 Å². The fraction of sp³-hybridized carbons (Fsp3) is 0.400. The summed E-state index contributed by atoms with van der Waals surface area (Å²) in [5.74, 6) is 0.530. The summed E-state index contributed by atoms with van der Waals surface area (Å²) in [6.07, 6.45) is 1.64. The second-order valence-electron chi connectivity index (χ2n) is 4.06. The van der Waals surface area contributed by atoms with Crippen LogP contribution in [0, 0.1) is 5.41 Å². The summed E-state index contributed by atoms with van der Waals surface area (Å²) < 4.78 is 0.900. The van der Waals surface area contributed by atoms with E-state index in [0.29, 0.717) is 5.82 Å². The molecule has 0 saturated heterocycles. The van der Waals surface area contributed by atoms with Crippen LogP contribution in [-0.2, 0) is 4.79 Å². The first-order valence-electron chi connectivity index (χ1n) is 4.32. The van der Waals surface area contributed by atoms with Gasteiger partial charge >= 0.3 is 0 Å². The molecule has 3 nitrogen and oxygen atoms in total. The van der Waals surface area contributed by atoms with Gasteiger partial charge in [0, 0.05) is 16.1 Å². The molecule has 0 aliphatic rings. The van der Waals surface area contributed by atoms with Gasteiger partial charge in [-0.2, -0.15) is 0 Å². The predicted molar refractivity (Wildman–Crippen MR) is 60.0 cm³/mol. The summed E-state index contributed by atoms with van der Waals surface area (Å²) in [6.45, 7) is 5.58. The smallest absolute Gasteiger partial charge is 0.230 e. The van der Waals surface area contributed by atoms with Crippen LogP contribution in [0.1, 0.15) is 20.8 Å². The maximum absolute atomic E-state index is 11.6. The molecule has 1 amide bonds. The molecule has 4 heteroatoms. The maximum Gasteiger partial charge on any atom is 0.230 e.